The molecule has 0 bridgehead atoms. The van der Waals surface area contributed by atoms with Crippen molar-refractivity contribution in [3.8, 4) is 5.75 Å². The minimum atomic E-state index is -1.79. The van der Waals surface area contributed by atoms with Crippen LogP contribution in [0.1, 0.15) is 26.3 Å². The molecule has 33 heavy (non-hydrogen) atoms. The summed E-state index contributed by atoms with van der Waals surface area (Å²) in [5.74, 6) is 0.0869. The van der Waals surface area contributed by atoms with Gasteiger partial charge in [0.2, 0.25) is 0 Å². The molecule has 3 unspecified atom stereocenters. The Bertz CT molecular complexity index is 995. The maximum Gasteiger partial charge on any atom is 0.349 e. The Labute approximate surface area is 203 Å². The number of nitrogen functional groups attached to an aromatic ring is 1. The van der Waals surface area contributed by atoms with Crippen molar-refractivity contribution in [2.24, 2.45) is 0 Å². The quantitative estimate of drug-likeness (QED) is 0.318. The standard InChI is InChI=1S/C20H27Cl2N4O6P/c1-12(26-8-7-18(23)24-20(26)28)9-15(29-3)11-31-33(25-13(2)19(27)30-4)32-14-5-6-16(21)17(22)10-14/h5-8,10,12-13,15,25H,9,11H2,1-4H3,(H2,23,24,28)/t12?,13-,15?,33?/m0/s1. The van der Waals surface area contributed by atoms with Crippen molar-refractivity contribution < 1.29 is 23.3 Å². The zero-order valence-corrected chi connectivity index (χ0v) is 21.1. The van der Waals surface area contributed by atoms with Crippen LogP contribution in [0.2, 0.25) is 10.0 Å². The second kappa shape index (κ2) is 13.1. The number of nitrogens with zero attached hydrogens (tertiary/aromatic N) is 2. The number of methoxy groups -OCH3 is 2. The molecule has 0 saturated carbocycles. The van der Waals surface area contributed by atoms with Gasteiger partial charge in [0.1, 0.15) is 17.6 Å². The largest absolute Gasteiger partial charge is 0.468 e. The van der Waals surface area contributed by atoms with Gasteiger partial charge in [0.15, 0.2) is 0 Å². The molecule has 0 amide bonds. The molecule has 4 atom stereocenters. The Morgan fingerprint density at radius 1 is 1.24 bits per heavy atom. The molecule has 13 heteroatoms. The Balaban J connectivity index is 2.08. The lowest BCUT2D eigenvalue weighted by molar-refractivity contribution is -0.142. The number of carbonyl (C=O) groups excluding carboxylic acids is 1. The first-order valence-electron chi connectivity index (χ1n) is 9.92. The summed E-state index contributed by atoms with van der Waals surface area (Å²) in [5, 5.41) is 3.66. The molecule has 0 saturated heterocycles. The highest BCUT2D eigenvalue weighted by molar-refractivity contribution is 7.45. The van der Waals surface area contributed by atoms with Gasteiger partial charge >= 0.3 is 20.2 Å². The minimum absolute atomic E-state index is 0.117. The number of halogens is 2. The van der Waals surface area contributed by atoms with E-state index in [9.17, 15) is 9.59 Å². The number of ether oxygens (including phenoxy) is 2. The van der Waals surface area contributed by atoms with Crippen molar-refractivity contribution in [2.75, 3.05) is 26.6 Å². The van der Waals surface area contributed by atoms with Crippen LogP contribution >= 0.6 is 31.7 Å². The van der Waals surface area contributed by atoms with E-state index < -0.39 is 26.2 Å². The molecular formula is C20H27Cl2N4O6P. The van der Waals surface area contributed by atoms with E-state index in [0.717, 1.165) is 0 Å². The average Bonchev–Trinajstić information content (AvgIpc) is 2.77. The van der Waals surface area contributed by atoms with Crippen molar-refractivity contribution in [3.63, 3.8) is 0 Å². The third-order valence-electron chi connectivity index (χ3n) is 4.57. The van der Waals surface area contributed by atoms with Crippen LogP contribution in [0.5, 0.6) is 5.75 Å². The lowest BCUT2D eigenvalue weighted by atomic mass is 10.1. The van der Waals surface area contributed by atoms with Gasteiger partial charge in [-0.15, -0.1) is 0 Å². The predicted octanol–water partition coefficient (Wildman–Crippen LogP) is 3.57. The Morgan fingerprint density at radius 3 is 2.58 bits per heavy atom. The van der Waals surface area contributed by atoms with Crippen LogP contribution in [-0.4, -0.2) is 48.5 Å². The van der Waals surface area contributed by atoms with E-state index in [1.54, 1.807) is 37.4 Å². The number of aromatic nitrogens is 2. The van der Waals surface area contributed by atoms with Crippen LogP contribution in [0, 0.1) is 0 Å². The molecule has 0 aliphatic heterocycles. The molecule has 182 valence electrons. The zero-order chi connectivity index (χ0) is 24.5. The Morgan fingerprint density at radius 2 is 1.97 bits per heavy atom. The highest BCUT2D eigenvalue weighted by atomic mass is 35.5. The van der Waals surface area contributed by atoms with Crippen LogP contribution < -0.4 is 21.0 Å². The number of rotatable bonds is 12. The first-order chi connectivity index (χ1) is 15.6. The summed E-state index contributed by atoms with van der Waals surface area (Å²) >= 11 is 12.0. The number of benzene rings is 1. The molecule has 1 heterocycles. The van der Waals surface area contributed by atoms with Crippen molar-refractivity contribution in [3.05, 3.63) is 51.0 Å². The van der Waals surface area contributed by atoms with E-state index in [2.05, 4.69) is 10.1 Å². The Hall–Kier alpha value is -1.94. The van der Waals surface area contributed by atoms with Crippen LogP contribution in [0.15, 0.2) is 35.3 Å². The SMILES string of the molecule is COC(=O)[C@H](C)NP(OCC(CC(C)n1ccc(N)nc1=O)OC)Oc1ccc(Cl)c(Cl)c1. The molecule has 0 aliphatic carbocycles. The first-order valence-corrected chi connectivity index (χ1v) is 11.9. The van der Waals surface area contributed by atoms with E-state index in [1.807, 2.05) is 6.92 Å². The van der Waals surface area contributed by atoms with Gasteiger partial charge in [0.25, 0.3) is 0 Å². The van der Waals surface area contributed by atoms with E-state index in [-0.39, 0.29) is 24.6 Å². The third kappa shape index (κ3) is 8.41. The fourth-order valence-electron chi connectivity index (χ4n) is 2.75. The maximum atomic E-state index is 12.1. The van der Waals surface area contributed by atoms with Gasteiger partial charge in [-0.25, -0.2) is 9.88 Å². The van der Waals surface area contributed by atoms with Gasteiger partial charge in [0, 0.05) is 25.4 Å². The van der Waals surface area contributed by atoms with Crippen molar-refractivity contribution in [2.45, 2.75) is 38.5 Å². The average molecular weight is 521 g/mol. The molecule has 0 aliphatic rings. The fraction of sp³-hybridized carbons (Fsp3) is 0.450. The summed E-state index contributed by atoms with van der Waals surface area (Å²) in [6, 6.07) is 5.40. The molecule has 3 N–H and O–H groups in total. The number of carbonyl (C=O) groups is 1. The number of hydrogen-bond donors (Lipinski definition) is 2. The van der Waals surface area contributed by atoms with E-state index >= 15 is 0 Å². The molecular weight excluding hydrogens is 494 g/mol. The van der Waals surface area contributed by atoms with Gasteiger partial charge in [-0.3, -0.25) is 9.36 Å². The summed E-state index contributed by atoms with van der Waals surface area (Å²) in [6.07, 6.45) is 1.65. The molecule has 2 rings (SSSR count). The van der Waals surface area contributed by atoms with Crippen LogP contribution in [-0.2, 0) is 18.8 Å². The highest BCUT2D eigenvalue weighted by Crippen LogP contribution is 2.38. The van der Waals surface area contributed by atoms with Crippen molar-refractivity contribution in [1.82, 2.24) is 14.6 Å². The lowest BCUT2D eigenvalue weighted by Gasteiger charge is -2.25. The molecule has 2 aromatic rings. The second-order valence-corrected chi connectivity index (χ2v) is 9.11. The van der Waals surface area contributed by atoms with Crippen LogP contribution in [0.25, 0.3) is 0 Å². The van der Waals surface area contributed by atoms with Gasteiger partial charge in [-0.2, -0.15) is 4.98 Å². The molecule has 10 nitrogen and oxygen atoms in total. The molecule has 0 radical (unpaired) electrons. The van der Waals surface area contributed by atoms with Gasteiger partial charge < -0.3 is 24.3 Å². The van der Waals surface area contributed by atoms with E-state index in [1.165, 1.54) is 18.8 Å². The fourth-order valence-corrected chi connectivity index (χ4v) is 4.24. The van der Waals surface area contributed by atoms with E-state index in [4.69, 9.17) is 47.5 Å². The summed E-state index contributed by atoms with van der Waals surface area (Å²) in [4.78, 5) is 27.7. The number of nitrogens with two attached hydrogens (primary N) is 1. The normalized spacial score (nSPS) is 14.8. The summed E-state index contributed by atoms with van der Waals surface area (Å²) < 4.78 is 23.5. The maximum absolute atomic E-state index is 12.1. The number of esters is 1. The monoisotopic (exact) mass is 520 g/mol. The topological polar surface area (TPSA) is 127 Å². The first kappa shape index (κ1) is 27.3. The zero-order valence-electron chi connectivity index (χ0n) is 18.7. The number of hydrogen-bond acceptors (Lipinski definition) is 9. The van der Waals surface area contributed by atoms with Crippen LogP contribution in [0.4, 0.5) is 5.82 Å². The molecule has 1 aromatic heterocycles. The van der Waals surface area contributed by atoms with Gasteiger partial charge in [-0.1, -0.05) is 23.2 Å². The van der Waals surface area contributed by atoms with Gasteiger partial charge in [0.05, 0.1) is 29.9 Å². The number of nitrogens with one attached hydrogen (secondary N) is 1. The summed E-state index contributed by atoms with van der Waals surface area (Å²) in [5.41, 5.74) is 5.10. The van der Waals surface area contributed by atoms with Crippen molar-refractivity contribution in [1.29, 1.82) is 0 Å². The van der Waals surface area contributed by atoms with Crippen molar-refractivity contribution >= 4 is 43.5 Å². The Kier molecular flexibility index (Phi) is 10.8. The molecule has 0 spiro atoms. The van der Waals surface area contributed by atoms with Gasteiger partial charge in [-0.05, 0) is 38.5 Å². The molecule has 1 aromatic carbocycles. The lowest BCUT2D eigenvalue weighted by Crippen LogP contribution is -2.34. The summed E-state index contributed by atoms with van der Waals surface area (Å²) in [6.45, 7) is 3.60. The highest BCUT2D eigenvalue weighted by Gasteiger charge is 2.24. The van der Waals surface area contributed by atoms with E-state index in [0.29, 0.717) is 22.2 Å². The third-order valence-corrected chi connectivity index (χ3v) is 6.67. The second-order valence-electron chi connectivity index (χ2n) is 7.08. The van der Waals surface area contributed by atoms with Crippen LogP contribution in [0.3, 0.4) is 0 Å². The number of anilines is 1. The minimum Gasteiger partial charge on any atom is -0.468 e. The summed E-state index contributed by atoms with van der Waals surface area (Å²) in [7, 11) is 1.04. The smallest absolute Gasteiger partial charge is 0.349 e. The predicted molar refractivity (Wildman–Crippen MR) is 128 cm³/mol. The molecule has 0 fully saturated rings.